The molecule has 0 aliphatic carbocycles. The van der Waals surface area contributed by atoms with Gasteiger partial charge in [-0.25, -0.2) is 0 Å². The molecule has 0 bridgehead atoms. The van der Waals surface area contributed by atoms with Crippen molar-refractivity contribution in [2.75, 3.05) is 33.0 Å². The molecule has 1 saturated heterocycles. The molecule has 128 valence electrons. The fourth-order valence-electron chi connectivity index (χ4n) is 2.58. The molecule has 1 atom stereocenters. The number of ether oxygens (including phenoxy) is 3. The lowest BCUT2D eigenvalue weighted by atomic mass is 9.84. The number of hydrogen-bond donors (Lipinski definition) is 2. The Morgan fingerprint density at radius 3 is 2.87 bits per heavy atom. The van der Waals surface area contributed by atoms with E-state index in [0.29, 0.717) is 19.7 Å². The number of carbonyl (C=O) groups excluding carboxylic acids is 1. The number of nitrogens with one attached hydrogen (secondary N) is 2. The molecule has 1 fully saturated rings. The highest BCUT2D eigenvalue weighted by Gasteiger charge is 2.27. The van der Waals surface area contributed by atoms with Crippen molar-refractivity contribution in [2.45, 2.75) is 25.4 Å². The molecule has 7 heteroatoms. The first-order chi connectivity index (χ1) is 10.6. The lowest BCUT2D eigenvalue weighted by Crippen LogP contribution is -2.49. The fourth-order valence-corrected chi connectivity index (χ4v) is 2.58. The lowest BCUT2D eigenvalue weighted by molar-refractivity contribution is -0.134. The van der Waals surface area contributed by atoms with Crippen LogP contribution in [-0.2, 0) is 14.9 Å². The molecule has 6 nitrogen and oxygen atoms in total. The van der Waals surface area contributed by atoms with Crippen molar-refractivity contribution in [3.8, 4) is 11.5 Å². The Hall–Kier alpha value is -1.50. The van der Waals surface area contributed by atoms with Crippen molar-refractivity contribution in [3.05, 3.63) is 23.8 Å². The van der Waals surface area contributed by atoms with Gasteiger partial charge >= 0.3 is 0 Å². The monoisotopic (exact) mass is 342 g/mol. The Morgan fingerprint density at radius 1 is 1.35 bits per heavy atom. The Balaban J connectivity index is 0.00000192. The van der Waals surface area contributed by atoms with Gasteiger partial charge in [-0.15, -0.1) is 12.4 Å². The average molecular weight is 343 g/mol. The quantitative estimate of drug-likeness (QED) is 0.861. The summed E-state index contributed by atoms with van der Waals surface area (Å²) >= 11 is 0. The molecule has 0 aromatic heterocycles. The van der Waals surface area contributed by atoms with Crippen molar-refractivity contribution in [2.24, 2.45) is 0 Å². The van der Waals surface area contributed by atoms with Gasteiger partial charge in [-0.3, -0.25) is 4.79 Å². The van der Waals surface area contributed by atoms with E-state index in [1.165, 1.54) is 0 Å². The Bertz CT molecular complexity index is 559. The van der Waals surface area contributed by atoms with Crippen LogP contribution in [0, 0.1) is 0 Å². The molecular formula is C16H23ClN2O4. The van der Waals surface area contributed by atoms with Gasteiger partial charge in [0.25, 0.3) is 0 Å². The lowest BCUT2D eigenvalue weighted by Gasteiger charge is -2.28. The maximum absolute atomic E-state index is 12.1. The fraction of sp³-hybridized carbons (Fsp3) is 0.562. The number of rotatable bonds is 4. The van der Waals surface area contributed by atoms with Crippen molar-refractivity contribution in [1.82, 2.24) is 10.6 Å². The second kappa shape index (κ2) is 7.38. The number of halogens is 1. The van der Waals surface area contributed by atoms with Gasteiger partial charge in [-0.05, 0) is 17.7 Å². The second-order valence-electron chi connectivity index (χ2n) is 6.23. The third-order valence-corrected chi connectivity index (χ3v) is 4.08. The van der Waals surface area contributed by atoms with Crippen LogP contribution in [0.4, 0.5) is 0 Å². The maximum Gasteiger partial charge on any atom is 0.250 e. The molecule has 2 N–H and O–H groups in total. The molecule has 1 unspecified atom stereocenters. The minimum atomic E-state index is -0.402. The first kappa shape index (κ1) is 17.8. The van der Waals surface area contributed by atoms with Crippen LogP contribution < -0.4 is 20.1 Å². The van der Waals surface area contributed by atoms with Gasteiger partial charge in [0.1, 0.15) is 6.10 Å². The van der Waals surface area contributed by atoms with Crippen LogP contribution in [0.2, 0.25) is 0 Å². The van der Waals surface area contributed by atoms with Crippen LogP contribution in [0.3, 0.4) is 0 Å². The van der Waals surface area contributed by atoms with Crippen LogP contribution in [0.5, 0.6) is 11.5 Å². The number of morpholine rings is 1. The Kier molecular flexibility index (Phi) is 5.73. The zero-order valence-electron chi connectivity index (χ0n) is 13.4. The third kappa shape index (κ3) is 4.07. The van der Waals surface area contributed by atoms with Crippen molar-refractivity contribution in [3.63, 3.8) is 0 Å². The van der Waals surface area contributed by atoms with Crippen LogP contribution in [0.1, 0.15) is 19.4 Å². The van der Waals surface area contributed by atoms with E-state index >= 15 is 0 Å². The van der Waals surface area contributed by atoms with Gasteiger partial charge in [0, 0.05) is 25.0 Å². The van der Waals surface area contributed by atoms with Crippen molar-refractivity contribution >= 4 is 18.3 Å². The van der Waals surface area contributed by atoms with Crippen LogP contribution in [0.15, 0.2) is 18.2 Å². The molecule has 2 aliphatic heterocycles. The maximum atomic E-state index is 12.1. The highest BCUT2D eigenvalue weighted by Crippen LogP contribution is 2.36. The number of amides is 1. The van der Waals surface area contributed by atoms with Crippen LogP contribution >= 0.6 is 12.4 Å². The predicted octanol–water partition coefficient (Wildman–Crippen LogP) is 1.22. The first-order valence-corrected chi connectivity index (χ1v) is 7.56. The van der Waals surface area contributed by atoms with Crippen molar-refractivity contribution in [1.29, 1.82) is 0 Å². The molecule has 3 rings (SSSR count). The van der Waals surface area contributed by atoms with E-state index in [1.807, 2.05) is 18.2 Å². The summed E-state index contributed by atoms with van der Waals surface area (Å²) < 4.78 is 16.2. The molecular weight excluding hydrogens is 320 g/mol. The summed E-state index contributed by atoms with van der Waals surface area (Å²) in [6.07, 6.45) is -0.402. The molecule has 23 heavy (non-hydrogen) atoms. The molecule has 1 aromatic carbocycles. The van der Waals surface area contributed by atoms with E-state index < -0.39 is 6.10 Å². The van der Waals surface area contributed by atoms with Gasteiger partial charge in [-0.2, -0.15) is 0 Å². The number of fused-ring (bicyclic) bond motifs is 1. The highest BCUT2D eigenvalue weighted by atomic mass is 35.5. The van der Waals surface area contributed by atoms with E-state index in [1.54, 1.807) is 0 Å². The summed E-state index contributed by atoms with van der Waals surface area (Å²) in [6, 6.07) is 5.90. The minimum Gasteiger partial charge on any atom is -0.454 e. The molecule has 0 spiro atoms. The Morgan fingerprint density at radius 2 is 2.13 bits per heavy atom. The average Bonchev–Trinajstić information content (AvgIpc) is 3.01. The Labute approximate surface area is 142 Å². The summed E-state index contributed by atoms with van der Waals surface area (Å²) in [5, 5.41) is 6.14. The van der Waals surface area contributed by atoms with Gasteiger partial charge in [0.05, 0.1) is 6.61 Å². The zero-order chi connectivity index (χ0) is 15.6. The SMILES string of the molecule is CC(C)(CNC(=O)C1CNCCO1)c1ccc2c(c1)OCO2.Cl. The molecule has 1 amide bonds. The summed E-state index contributed by atoms with van der Waals surface area (Å²) in [5.41, 5.74) is 0.887. The third-order valence-electron chi connectivity index (χ3n) is 4.08. The molecule has 2 aliphatic rings. The molecule has 2 heterocycles. The molecule has 1 aromatic rings. The number of hydrogen-bond acceptors (Lipinski definition) is 5. The summed E-state index contributed by atoms with van der Waals surface area (Å²) in [6.45, 7) is 6.91. The molecule has 0 saturated carbocycles. The first-order valence-electron chi connectivity index (χ1n) is 7.56. The highest BCUT2D eigenvalue weighted by molar-refractivity contribution is 5.85. The normalized spacial score (nSPS) is 19.8. The second-order valence-corrected chi connectivity index (χ2v) is 6.23. The molecule has 0 radical (unpaired) electrons. The summed E-state index contributed by atoms with van der Waals surface area (Å²) in [7, 11) is 0. The van der Waals surface area contributed by atoms with E-state index in [2.05, 4.69) is 24.5 Å². The minimum absolute atomic E-state index is 0. The van der Waals surface area contributed by atoms with E-state index in [9.17, 15) is 4.79 Å². The zero-order valence-corrected chi connectivity index (χ0v) is 14.2. The van der Waals surface area contributed by atoms with Crippen LogP contribution in [-0.4, -0.2) is 45.0 Å². The van der Waals surface area contributed by atoms with Gasteiger partial charge in [0.15, 0.2) is 11.5 Å². The van der Waals surface area contributed by atoms with Crippen molar-refractivity contribution < 1.29 is 19.0 Å². The van der Waals surface area contributed by atoms with E-state index in [-0.39, 0.29) is 30.5 Å². The van der Waals surface area contributed by atoms with E-state index in [4.69, 9.17) is 14.2 Å². The standard InChI is InChI=1S/C16H22N2O4.ClH/c1-16(2,9-18-15(19)14-8-17-5-6-20-14)11-3-4-12-13(7-11)22-10-21-12;/h3-4,7,14,17H,5-6,8-10H2,1-2H3,(H,18,19);1H. The number of carbonyl (C=O) groups is 1. The van der Waals surface area contributed by atoms with Gasteiger partial charge < -0.3 is 24.8 Å². The summed E-state index contributed by atoms with van der Waals surface area (Å²) in [5.74, 6) is 1.46. The largest absolute Gasteiger partial charge is 0.454 e. The topological polar surface area (TPSA) is 68.8 Å². The van der Waals surface area contributed by atoms with E-state index in [0.717, 1.165) is 23.6 Å². The number of benzene rings is 1. The van der Waals surface area contributed by atoms with Gasteiger partial charge in [-0.1, -0.05) is 19.9 Å². The smallest absolute Gasteiger partial charge is 0.250 e. The summed E-state index contributed by atoms with van der Waals surface area (Å²) in [4.78, 5) is 12.1. The predicted molar refractivity (Wildman–Crippen MR) is 88.5 cm³/mol. The van der Waals surface area contributed by atoms with Crippen LogP contribution in [0.25, 0.3) is 0 Å². The van der Waals surface area contributed by atoms with Gasteiger partial charge in [0.2, 0.25) is 12.7 Å².